The molecule has 0 bridgehead atoms. The van der Waals surface area contributed by atoms with Gasteiger partial charge in [0.1, 0.15) is 17.4 Å². The number of methoxy groups -OCH3 is 1. The Kier molecular flexibility index (Phi) is 4.63. The van der Waals surface area contributed by atoms with Crippen molar-refractivity contribution in [2.24, 2.45) is 0 Å². The molecule has 0 unspecified atom stereocenters. The molecule has 0 aromatic heterocycles. The highest BCUT2D eigenvalue weighted by Crippen LogP contribution is 2.21. The number of carbonyl (C=O) groups is 1. The predicted molar refractivity (Wildman–Crippen MR) is 58.6 cm³/mol. The summed E-state index contributed by atoms with van der Waals surface area (Å²) in [5, 5.41) is 0. The van der Waals surface area contributed by atoms with Gasteiger partial charge in [0.05, 0.1) is 13.7 Å². The van der Waals surface area contributed by atoms with Crippen LogP contribution in [0.15, 0.2) is 18.2 Å². The summed E-state index contributed by atoms with van der Waals surface area (Å²) < 4.78 is 36.1. The first-order chi connectivity index (χ1) is 8.08. The highest BCUT2D eigenvalue weighted by atomic mass is 19.1. The average molecular weight is 242 g/mol. The molecule has 0 spiro atoms. The fourth-order valence-corrected chi connectivity index (χ4v) is 1.18. The van der Waals surface area contributed by atoms with Crippen LogP contribution in [0.5, 0.6) is 5.75 Å². The molecule has 0 heterocycles. The largest absolute Gasteiger partial charge is 0.497 e. The molecule has 1 rings (SSSR count). The van der Waals surface area contributed by atoms with Crippen LogP contribution < -0.4 is 4.74 Å². The Bertz CT molecular complexity index is 418. The lowest BCUT2D eigenvalue weighted by molar-refractivity contribution is -0.137. The quantitative estimate of drug-likeness (QED) is 0.601. The summed E-state index contributed by atoms with van der Waals surface area (Å²) in [6.07, 6.45) is 2.00. The van der Waals surface area contributed by atoms with E-state index in [1.54, 1.807) is 6.92 Å². The Balaban J connectivity index is 2.95. The Morgan fingerprint density at radius 1 is 1.35 bits per heavy atom. The molecule has 3 nitrogen and oxygen atoms in total. The minimum absolute atomic E-state index is 0.0771. The van der Waals surface area contributed by atoms with E-state index < -0.39 is 17.6 Å². The number of hydrogen-bond acceptors (Lipinski definition) is 3. The molecule has 0 aliphatic carbocycles. The first-order valence-corrected chi connectivity index (χ1v) is 4.96. The summed E-state index contributed by atoms with van der Waals surface area (Å²) in [6, 6.07) is 2.07. The van der Waals surface area contributed by atoms with E-state index in [0.29, 0.717) is 0 Å². The van der Waals surface area contributed by atoms with Crippen molar-refractivity contribution in [1.82, 2.24) is 0 Å². The van der Waals surface area contributed by atoms with Crippen LogP contribution in [0.25, 0.3) is 6.08 Å². The van der Waals surface area contributed by atoms with Crippen molar-refractivity contribution in [3.63, 3.8) is 0 Å². The topological polar surface area (TPSA) is 35.5 Å². The third-order valence-corrected chi connectivity index (χ3v) is 1.96. The molecule has 0 amide bonds. The molecule has 0 saturated carbocycles. The van der Waals surface area contributed by atoms with Crippen molar-refractivity contribution >= 4 is 12.0 Å². The second-order valence-corrected chi connectivity index (χ2v) is 3.09. The van der Waals surface area contributed by atoms with Crippen molar-refractivity contribution in [1.29, 1.82) is 0 Å². The minimum Gasteiger partial charge on any atom is -0.497 e. The normalized spacial score (nSPS) is 10.6. The van der Waals surface area contributed by atoms with E-state index in [0.717, 1.165) is 24.3 Å². The lowest BCUT2D eigenvalue weighted by atomic mass is 10.1. The minimum atomic E-state index is -0.803. The highest BCUT2D eigenvalue weighted by Gasteiger charge is 2.09. The van der Waals surface area contributed by atoms with Gasteiger partial charge in [0.25, 0.3) is 0 Å². The third-order valence-electron chi connectivity index (χ3n) is 1.96. The van der Waals surface area contributed by atoms with Gasteiger partial charge < -0.3 is 9.47 Å². The van der Waals surface area contributed by atoms with Crippen LogP contribution in [0.4, 0.5) is 8.78 Å². The average Bonchev–Trinajstić information content (AvgIpc) is 2.28. The van der Waals surface area contributed by atoms with Gasteiger partial charge in [-0.15, -0.1) is 0 Å². The summed E-state index contributed by atoms with van der Waals surface area (Å²) in [5.74, 6) is -2.18. The maximum Gasteiger partial charge on any atom is 0.330 e. The van der Waals surface area contributed by atoms with Crippen molar-refractivity contribution in [3.8, 4) is 5.75 Å². The number of ether oxygens (including phenoxy) is 2. The summed E-state index contributed by atoms with van der Waals surface area (Å²) in [4.78, 5) is 11.0. The first kappa shape index (κ1) is 13.2. The summed E-state index contributed by atoms with van der Waals surface area (Å²) >= 11 is 0. The van der Waals surface area contributed by atoms with Gasteiger partial charge in [0.2, 0.25) is 0 Å². The molecule has 1 aromatic carbocycles. The maximum atomic E-state index is 13.4. The summed E-state index contributed by atoms with van der Waals surface area (Å²) in [6.45, 7) is 1.84. The number of esters is 1. The van der Waals surface area contributed by atoms with E-state index in [1.807, 2.05) is 0 Å². The predicted octanol–water partition coefficient (Wildman–Crippen LogP) is 2.55. The lowest BCUT2D eigenvalue weighted by Crippen LogP contribution is -1.99. The number of halogens is 2. The molecule has 5 heteroatoms. The highest BCUT2D eigenvalue weighted by molar-refractivity contribution is 5.87. The van der Waals surface area contributed by atoms with Crippen LogP contribution in [0.3, 0.4) is 0 Å². The number of carbonyl (C=O) groups excluding carboxylic acids is 1. The maximum absolute atomic E-state index is 13.4. The van der Waals surface area contributed by atoms with Crippen LogP contribution >= 0.6 is 0 Å². The van der Waals surface area contributed by atoms with Crippen LogP contribution in [-0.4, -0.2) is 19.7 Å². The van der Waals surface area contributed by atoms with Crippen molar-refractivity contribution < 1.29 is 23.0 Å². The zero-order chi connectivity index (χ0) is 12.8. The van der Waals surface area contributed by atoms with E-state index in [9.17, 15) is 13.6 Å². The van der Waals surface area contributed by atoms with Crippen molar-refractivity contribution in [3.05, 3.63) is 35.4 Å². The SMILES string of the molecule is CCOC(=O)C=Cc1c(F)cc(OC)cc1F. The second-order valence-electron chi connectivity index (χ2n) is 3.09. The molecule has 92 valence electrons. The molecule has 0 fully saturated rings. The van der Waals surface area contributed by atoms with Gasteiger partial charge in [0.15, 0.2) is 0 Å². The van der Waals surface area contributed by atoms with Crippen LogP contribution in [0.1, 0.15) is 12.5 Å². The van der Waals surface area contributed by atoms with Gasteiger partial charge >= 0.3 is 5.97 Å². The lowest BCUT2D eigenvalue weighted by Gasteiger charge is -2.03. The van der Waals surface area contributed by atoms with Crippen molar-refractivity contribution in [2.45, 2.75) is 6.92 Å². The van der Waals surface area contributed by atoms with Gasteiger partial charge in [-0.05, 0) is 13.0 Å². The molecule has 0 radical (unpaired) electrons. The zero-order valence-electron chi connectivity index (χ0n) is 9.50. The van der Waals surface area contributed by atoms with Crippen LogP contribution in [0.2, 0.25) is 0 Å². The van der Waals surface area contributed by atoms with E-state index in [1.165, 1.54) is 7.11 Å². The molecule has 0 atom stereocenters. The van der Waals surface area contributed by atoms with E-state index in [4.69, 9.17) is 4.74 Å². The second kappa shape index (κ2) is 5.98. The van der Waals surface area contributed by atoms with Crippen LogP contribution in [-0.2, 0) is 9.53 Å². The molecule has 0 N–H and O–H groups in total. The Labute approximate surface area is 97.7 Å². The fourth-order valence-electron chi connectivity index (χ4n) is 1.18. The Morgan fingerprint density at radius 3 is 2.41 bits per heavy atom. The third kappa shape index (κ3) is 3.55. The number of hydrogen-bond donors (Lipinski definition) is 0. The van der Waals surface area contributed by atoms with Gasteiger partial charge in [-0.2, -0.15) is 0 Å². The van der Waals surface area contributed by atoms with Gasteiger partial charge in [0, 0.05) is 23.8 Å². The smallest absolute Gasteiger partial charge is 0.330 e. The summed E-state index contributed by atoms with van der Waals surface area (Å²) in [5.41, 5.74) is -0.307. The standard InChI is InChI=1S/C12H12F2O3/c1-3-17-12(15)5-4-9-10(13)6-8(16-2)7-11(9)14/h4-7H,3H2,1-2H3. The molecular weight excluding hydrogens is 230 g/mol. The molecular formula is C12H12F2O3. The zero-order valence-corrected chi connectivity index (χ0v) is 9.50. The van der Waals surface area contributed by atoms with Crippen LogP contribution in [0, 0.1) is 11.6 Å². The van der Waals surface area contributed by atoms with E-state index in [-0.39, 0.29) is 17.9 Å². The molecule has 0 aliphatic rings. The molecule has 0 saturated heterocycles. The molecule has 17 heavy (non-hydrogen) atoms. The van der Waals surface area contributed by atoms with E-state index >= 15 is 0 Å². The molecule has 0 aliphatic heterocycles. The summed E-state index contributed by atoms with van der Waals surface area (Å²) in [7, 11) is 1.31. The molecule has 1 aromatic rings. The number of benzene rings is 1. The van der Waals surface area contributed by atoms with Gasteiger partial charge in [-0.3, -0.25) is 0 Å². The van der Waals surface area contributed by atoms with Gasteiger partial charge in [-0.25, -0.2) is 13.6 Å². The van der Waals surface area contributed by atoms with Crippen molar-refractivity contribution in [2.75, 3.05) is 13.7 Å². The van der Waals surface area contributed by atoms with E-state index in [2.05, 4.69) is 4.74 Å². The fraction of sp³-hybridized carbons (Fsp3) is 0.250. The number of rotatable bonds is 4. The Morgan fingerprint density at radius 2 is 1.94 bits per heavy atom. The Hall–Kier alpha value is -1.91. The monoisotopic (exact) mass is 242 g/mol. The van der Waals surface area contributed by atoms with Gasteiger partial charge in [-0.1, -0.05) is 0 Å². The first-order valence-electron chi connectivity index (χ1n) is 4.96.